The summed E-state index contributed by atoms with van der Waals surface area (Å²) in [5.41, 5.74) is 2.77. The van der Waals surface area contributed by atoms with Gasteiger partial charge in [0, 0.05) is 44.9 Å². The van der Waals surface area contributed by atoms with Crippen LogP contribution in [0.3, 0.4) is 0 Å². The predicted molar refractivity (Wildman–Crippen MR) is 253 cm³/mol. The molecule has 340 valence electrons. The van der Waals surface area contributed by atoms with Crippen molar-refractivity contribution in [3.63, 3.8) is 0 Å². The van der Waals surface area contributed by atoms with Gasteiger partial charge in [0.05, 0.1) is 38.6 Å². The first-order valence-corrected chi connectivity index (χ1v) is 23.1. The number of esters is 2. The van der Waals surface area contributed by atoms with Gasteiger partial charge in [-0.1, -0.05) is 121 Å². The number of carbonyl (C=O) groups is 2. The van der Waals surface area contributed by atoms with Crippen LogP contribution < -0.4 is 0 Å². The molecular weight excluding hydrogens is 779 g/mol. The van der Waals surface area contributed by atoms with E-state index in [-0.39, 0.29) is 37.4 Å². The second-order valence-electron chi connectivity index (χ2n) is 15.4. The normalized spacial score (nSPS) is 22.9. The van der Waals surface area contributed by atoms with E-state index < -0.39 is 0 Å². The number of allylic oxidation sites excluding steroid dienone is 17. The molecule has 0 saturated heterocycles. The van der Waals surface area contributed by atoms with E-state index in [0.29, 0.717) is 65.3 Å². The SMILES string of the molecule is O=C1CCC=CCC=CCCCOCC(CCC2=CC=CC2)OCCCC=CCC=CCCC(=O)OCC=CCC=CCOC(CCC2=CN=CC2)COCC=CCC=CCO1. The summed E-state index contributed by atoms with van der Waals surface area (Å²) in [7, 11) is 0. The molecule has 0 bridgehead atoms. The molecule has 0 aromatic heterocycles. The van der Waals surface area contributed by atoms with Gasteiger partial charge >= 0.3 is 11.9 Å². The molecule has 2 heterocycles. The zero-order chi connectivity index (χ0) is 43.6. The lowest BCUT2D eigenvalue weighted by molar-refractivity contribution is -0.143. The van der Waals surface area contributed by atoms with E-state index in [1.54, 1.807) is 0 Å². The monoisotopic (exact) mass is 854 g/mol. The number of hydrogen-bond acceptors (Lipinski definition) is 9. The van der Waals surface area contributed by atoms with E-state index in [0.717, 1.165) is 89.9 Å². The Kier molecular flexibility index (Phi) is 32.1. The van der Waals surface area contributed by atoms with Crippen LogP contribution in [0, 0.1) is 0 Å². The third-order valence-corrected chi connectivity index (χ3v) is 10.1. The van der Waals surface area contributed by atoms with Crippen molar-refractivity contribution < 1.29 is 38.0 Å². The van der Waals surface area contributed by atoms with Crippen LogP contribution in [0.15, 0.2) is 138 Å². The van der Waals surface area contributed by atoms with Crippen LogP contribution >= 0.6 is 0 Å². The first kappa shape index (κ1) is 51.9. The molecule has 0 saturated carbocycles. The van der Waals surface area contributed by atoms with Gasteiger partial charge in [0.25, 0.3) is 0 Å². The summed E-state index contributed by atoms with van der Waals surface area (Å²) in [6.07, 6.45) is 58.3. The van der Waals surface area contributed by atoms with Crippen molar-refractivity contribution in [2.45, 2.75) is 128 Å². The minimum absolute atomic E-state index is 0.0249. The molecule has 2 aliphatic heterocycles. The van der Waals surface area contributed by atoms with E-state index >= 15 is 0 Å². The lowest BCUT2D eigenvalue weighted by Gasteiger charge is -2.18. The van der Waals surface area contributed by atoms with Gasteiger partial charge in [0.2, 0.25) is 0 Å². The Bertz CT molecular complexity index is 1570. The minimum atomic E-state index is -0.189. The highest BCUT2D eigenvalue weighted by Gasteiger charge is 2.13. The van der Waals surface area contributed by atoms with Gasteiger partial charge in [-0.25, -0.2) is 0 Å². The highest BCUT2D eigenvalue weighted by Crippen LogP contribution is 2.19. The second-order valence-corrected chi connectivity index (χ2v) is 15.4. The van der Waals surface area contributed by atoms with Crippen LogP contribution in [-0.2, 0) is 38.0 Å². The molecule has 2 atom stereocenters. The Balaban J connectivity index is 1.40. The zero-order valence-corrected chi connectivity index (χ0v) is 37.4. The first-order valence-electron chi connectivity index (χ1n) is 23.1. The van der Waals surface area contributed by atoms with Gasteiger partial charge in [0.1, 0.15) is 13.2 Å². The van der Waals surface area contributed by atoms with Crippen molar-refractivity contribution in [3.05, 3.63) is 133 Å². The quantitative estimate of drug-likeness (QED) is 0.192. The van der Waals surface area contributed by atoms with Gasteiger partial charge in [-0.3, -0.25) is 14.6 Å². The molecule has 0 fully saturated rings. The van der Waals surface area contributed by atoms with Gasteiger partial charge in [-0.2, -0.15) is 0 Å². The molecule has 0 N–H and O–H groups in total. The van der Waals surface area contributed by atoms with Crippen LogP contribution in [0.5, 0.6) is 0 Å². The van der Waals surface area contributed by atoms with E-state index in [2.05, 4.69) is 65.8 Å². The van der Waals surface area contributed by atoms with Crippen molar-refractivity contribution >= 4 is 18.2 Å². The summed E-state index contributed by atoms with van der Waals surface area (Å²) in [5.74, 6) is -0.378. The molecule has 9 nitrogen and oxygen atoms in total. The lowest BCUT2D eigenvalue weighted by Crippen LogP contribution is -2.21. The number of nitrogens with zero attached hydrogens (tertiary/aromatic N) is 1. The van der Waals surface area contributed by atoms with Crippen LogP contribution in [0.1, 0.15) is 116 Å². The van der Waals surface area contributed by atoms with Gasteiger partial charge in [-0.15, -0.1) is 0 Å². The molecule has 0 aromatic rings. The average molecular weight is 854 g/mol. The minimum Gasteiger partial charge on any atom is -0.461 e. The Morgan fingerprint density at radius 2 is 1.03 bits per heavy atom. The highest BCUT2D eigenvalue weighted by molar-refractivity contribution is 5.70. The van der Waals surface area contributed by atoms with Crippen molar-refractivity contribution in [3.8, 4) is 0 Å². The van der Waals surface area contributed by atoms with Gasteiger partial charge in [0.15, 0.2) is 0 Å². The summed E-state index contributed by atoms with van der Waals surface area (Å²) in [6.45, 7) is 4.11. The summed E-state index contributed by atoms with van der Waals surface area (Å²) in [4.78, 5) is 28.5. The zero-order valence-electron chi connectivity index (χ0n) is 37.4. The van der Waals surface area contributed by atoms with E-state index in [1.807, 2.05) is 67.1 Å². The predicted octanol–water partition coefficient (Wildman–Crippen LogP) is 11.8. The van der Waals surface area contributed by atoms with E-state index in [4.69, 9.17) is 28.4 Å². The molecule has 1 aliphatic carbocycles. The molecule has 2 unspecified atom stereocenters. The number of carbonyl (C=O) groups excluding carboxylic acids is 2. The Hall–Kier alpha value is -4.41. The number of cyclic esters (lactones) is 2. The van der Waals surface area contributed by atoms with Gasteiger partial charge < -0.3 is 28.4 Å². The first-order chi connectivity index (χ1) is 30.7. The van der Waals surface area contributed by atoms with Crippen molar-refractivity contribution in [2.75, 3.05) is 52.9 Å². The standard InChI is InChI=1S/C53H75NO8/c55-52-31-19-11-5-1-3-7-13-23-39-57-46-50(35-33-48-29-21-22-30-48)59-41-25-15-8-4-2-6-12-20-32-53(56)62-44-28-18-10-16-26-42-60-51(36-34-49-37-38-54-45-49)47-58-40-24-14-9-17-27-43-61-52/h3-8,11-12,14,16-18,21-22,24,26-29,38,45,50-51H,1-2,9-10,13,15,19-20,23,25,30-37,39-44,46-47H2. The molecule has 9 heteroatoms. The summed E-state index contributed by atoms with van der Waals surface area (Å²) >= 11 is 0. The van der Waals surface area contributed by atoms with E-state index in [1.165, 1.54) is 11.1 Å². The summed E-state index contributed by atoms with van der Waals surface area (Å²) in [5, 5.41) is 0. The third-order valence-electron chi connectivity index (χ3n) is 10.1. The molecular formula is C53H75NO8. The average Bonchev–Trinajstić information content (AvgIpc) is 4.01. The van der Waals surface area contributed by atoms with Crippen LogP contribution in [-0.4, -0.2) is 83.2 Å². The van der Waals surface area contributed by atoms with Crippen molar-refractivity contribution in [2.24, 2.45) is 4.99 Å². The topological polar surface area (TPSA) is 102 Å². The largest absolute Gasteiger partial charge is 0.461 e. The number of ether oxygens (including phenoxy) is 6. The maximum Gasteiger partial charge on any atom is 0.306 e. The molecule has 0 spiro atoms. The fourth-order valence-electron chi connectivity index (χ4n) is 6.43. The van der Waals surface area contributed by atoms with Crippen molar-refractivity contribution in [1.82, 2.24) is 0 Å². The maximum atomic E-state index is 12.1. The molecule has 0 radical (unpaired) electrons. The third kappa shape index (κ3) is 30.6. The summed E-state index contributed by atoms with van der Waals surface area (Å²) in [6, 6.07) is 0. The Labute approximate surface area is 373 Å². The molecule has 0 amide bonds. The fourth-order valence-corrected chi connectivity index (χ4v) is 6.43. The second kappa shape index (κ2) is 38.3. The number of aliphatic imine (C=N–C) groups is 1. The summed E-state index contributed by atoms with van der Waals surface area (Å²) < 4.78 is 35.1. The Morgan fingerprint density at radius 3 is 1.63 bits per heavy atom. The Morgan fingerprint density at radius 1 is 0.500 bits per heavy atom. The number of hydrogen-bond donors (Lipinski definition) is 0. The van der Waals surface area contributed by atoms with E-state index in [9.17, 15) is 9.59 Å². The maximum absolute atomic E-state index is 12.1. The fraction of sp³-hybridized carbons (Fsp3) is 0.528. The van der Waals surface area contributed by atoms with Crippen LogP contribution in [0.4, 0.5) is 0 Å². The molecule has 3 aliphatic rings. The van der Waals surface area contributed by atoms with Crippen LogP contribution in [0.25, 0.3) is 0 Å². The molecule has 62 heavy (non-hydrogen) atoms. The molecule has 0 aromatic carbocycles. The molecule has 3 rings (SSSR count). The van der Waals surface area contributed by atoms with Crippen LogP contribution in [0.2, 0.25) is 0 Å². The van der Waals surface area contributed by atoms with Gasteiger partial charge in [-0.05, 0) is 102 Å². The van der Waals surface area contributed by atoms with Crippen molar-refractivity contribution in [1.29, 1.82) is 0 Å². The number of rotatable bonds is 6. The smallest absolute Gasteiger partial charge is 0.306 e. The highest BCUT2D eigenvalue weighted by atomic mass is 16.5. The lowest BCUT2D eigenvalue weighted by atomic mass is 10.1.